The minimum absolute atomic E-state index is 0.119. The number of ether oxygens (including phenoxy) is 4. The Hall–Kier alpha value is -2.80. The van der Waals surface area contributed by atoms with Crippen LogP contribution in [-0.4, -0.2) is 46.0 Å². The zero-order valence-electron chi connectivity index (χ0n) is 27.8. The van der Waals surface area contributed by atoms with Gasteiger partial charge in [0.15, 0.2) is 0 Å². The maximum atomic E-state index is 13.5. The first kappa shape index (κ1) is 36.4. The van der Waals surface area contributed by atoms with Gasteiger partial charge in [-0.2, -0.15) is 0 Å². The quantitative estimate of drug-likeness (QED) is 0.106. The van der Waals surface area contributed by atoms with Gasteiger partial charge in [0.05, 0.1) is 37.4 Å². The van der Waals surface area contributed by atoms with Gasteiger partial charge in [0.1, 0.15) is 12.4 Å². The van der Waals surface area contributed by atoms with E-state index < -0.39 is 17.9 Å². The largest absolute Gasteiger partial charge is 0.494 e. The molecule has 0 amide bonds. The Kier molecular flexibility index (Phi) is 17.8. The molecule has 0 fully saturated rings. The number of hydrogen-bond donors (Lipinski definition) is 1. The van der Waals surface area contributed by atoms with E-state index in [4.69, 9.17) is 18.9 Å². The van der Waals surface area contributed by atoms with E-state index in [1.165, 1.54) is 77.7 Å². The van der Waals surface area contributed by atoms with Crippen LogP contribution in [0.4, 0.5) is 0 Å². The van der Waals surface area contributed by atoms with E-state index in [0.29, 0.717) is 34.9 Å². The number of nitrogens with one attached hydrogen (secondary N) is 1. The highest BCUT2D eigenvalue weighted by Gasteiger charge is 2.40. The van der Waals surface area contributed by atoms with Crippen molar-refractivity contribution in [3.05, 3.63) is 51.9 Å². The van der Waals surface area contributed by atoms with Crippen LogP contribution in [0.2, 0.25) is 0 Å². The lowest BCUT2D eigenvalue weighted by molar-refractivity contribution is -0.140. The molecule has 0 spiro atoms. The Morgan fingerprint density at radius 2 is 1.30 bits per heavy atom. The van der Waals surface area contributed by atoms with Crippen molar-refractivity contribution in [3.63, 3.8) is 0 Å². The van der Waals surface area contributed by atoms with E-state index >= 15 is 0 Å². The molecule has 242 valence electrons. The van der Waals surface area contributed by atoms with E-state index in [-0.39, 0.29) is 13.2 Å². The molecule has 0 saturated heterocycles. The van der Waals surface area contributed by atoms with Crippen molar-refractivity contribution in [1.29, 1.82) is 0 Å². The van der Waals surface area contributed by atoms with Gasteiger partial charge in [-0.15, -0.1) is 0 Å². The van der Waals surface area contributed by atoms with Crippen LogP contribution in [0.15, 0.2) is 40.7 Å². The zero-order chi connectivity index (χ0) is 31.5. The average molecular weight is 600 g/mol. The second kappa shape index (κ2) is 21.0. The number of aryl methyl sites for hydroxylation is 1. The van der Waals surface area contributed by atoms with Crippen molar-refractivity contribution in [3.8, 4) is 5.75 Å². The van der Waals surface area contributed by atoms with Crippen LogP contribution in [0.1, 0.15) is 128 Å². The van der Waals surface area contributed by atoms with Crippen molar-refractivity contribution >= 4 is 11.9 Å². The Morgan fingerprint density at radius 1 is 0.744 bits per heavy atom. The summed E-state index contributed by atoms with van der Waals surface area (Å²) < 4.78 is 22.0. The second-order valence-corrected chi connectivity index (χ2v) is 11.5. The van der Waals surface area contributed by atoms with Gasteiger partial charge >= 0.3 is 11.9 Å². The summed E-state index contributed by atoms with van der Waals surface area (Å²) in [5.41, 5.74) is 4.00. The fourth-order valence-electron chi connectivity index (χ4n) is 5.98. The molecular formula is C36H57NO6. The first-order valence-electron chi connectivity index (χ1n) is 16.6. The third-order valence-electron chi connectivity index (χ3n) is 8.20. The van der Waals surface area contributed by atoms with Crippen LogP contribution in [-0.2, 0) is 30.2 Å². The van der Waals surface area contributed by atoms with Crippen molar-refractivity contribution in [2.75, 3.05) is 34.0 Å². The summed E-state index contributed by atoms with van der Waals surface area (Å²) in [7, 11) is 2.93. The molecule has 1 aliphatic heterocycles. The van der Waals surface area contributed by atoms with Crippen molar-refractivity contribution in [2.45, 2.75) is 124 Å². The van der Waals surface area contributed by atoms with Crippen molar-refractivity contribution in [2.24, 2.45) is 0 Å². The maximum Gasteiger partial charge on any atom is 0.336 e. The number of benzene rings is 1. The topological polar surface area (TPSA) is 83.1 Å². The lowest BCUT2D eigenvalue weighted by Crippen LogP contribution is -2.33. The van der Waals surface area contributed by atoms with Gasteiger partial charge in [-0.1, -0.05) is 96.1 Å². The fraction of sp³-hybridized carbons (Fsp3) is 0.667. The molecule has 43 heavy (non-hydrogen) atoms. The number of dihydropyridines is 1. The normalized spacial score (nSPS) is 15.0. The summed E-state index contributed by atoms with van der Waals surface area (Å²) in [6.07, 6.45) is 17.7. The summed E-state index contributed by atoms with van der Waals surface area (Å²) in [5, 5.41) is 3.22. The molecule has 1 heterocycles. The molecule has 1 aliphatic rings. The summed E-state index contributed by atoms with van der Waals surface area (Å²) in [6, 6.07) is 6.00. The summed E-state index contributed by atoms with van der Waals surface area (Å²) >= 11 is 0. The number of unbranched alkanes of at least 4 members (excludes halogenated alkanes) is 12. The fourth-order valence-corrected chi connectivity index (χ4v) is 5.98. The molecule has 0 aromatic heterocycles. The van der Waals surface area contributed by atoms with Crippen molar-refractivity contribution in [1.82, 2.24) is 5.32 Å². The Labute approximate surface area is 260 Å². The highest BCUT2D eigenvalue weighted by atomic mass is 16.6. The molecule has 0 radical (unpaired) electrons. The van der Waals surface area contributed by atoms with Crippen LogP contribution in [0, 0.1) is 0 Å². The monoisotopic (exact) mass is 599 g/mol. The average Bonchev–Trinajstić information content (AvgIpc) is 2.99. The first-order chi connectivity index (χ1) is 20.9. The Balaban J connectivity index is 2.18. The molecule has 1 atom stereocenters. The van der Waals surface area contributed by atoms with Crippen LogP contribution < -0.4 is 10.1 Å². The van der Waals surface area contributed by atoms with Gasteiger partial charge in [-0.25, -0.2) is 9.59 Å². The van der Waals surface area contributed by atoms with Crippen LogP contribution >= 0.6 is 0 Å². The molecule has 2 rings (SSSR count). The molecule has 7 heteroatoms. The number of hydrogen-bond acceptors (Lipinski definition) is 7. The second-order valence-electron chi connectivity index (χ2n) is 11.5. The minimum Gasteiger partial charge on any atom is -0.494 e. The molecular weight excluding hydrogens is 542 g/mol. The lowest BCUT2D eigenvalue weighted by atomic mass is 9.77. The molecule has 1 unspecified atom stereocenters. The number of methoxy groups -OCH3 is 2. The van der Waals surface area contributed by atoms with E-state index in [2.05, 4.69) is 18.3 Å². The van der Waals surface area contributed by atoms with E-state index in [9.17, 15) is 9.59 Å². The highest BCUT2D eigenvalue weighted by molar-refractivity contribution is 6.00. The van der Waals surface area contributed by atoms with Gasteiger partial charge in [0.25, 0.3) is 0 Å². The lowest BCUT2D eigenvalue weighted by Gasteiger charge is -2.32. The molecule has 0 saturated carbocycles. The molecule has 0 bridgehead atoms. The van der Waals surface area contributed by atoms with Gasteiger partial charge in [-0.05, 0) is 45.2 Å². The minimum atomic E-state index is -0.677. The summed E-state index contributed by atoms with van der Waals surface area (Å²) in [6.45, 7) is 8.76. The predicted molar refractivity (Wildman–Crippen MR) is 173 cm³/mol. The SMILES string of the molecule is CCCCCCCCCCCCCCCc1cccc(OCC)c1C1C(C(=O)OC)=C(C)NC(C)=C1C(=O)OCCOC. The Bertz CT molecular complexity index is 1060. The summed E-state index contributed by atoms with van der Waals surface area (Å²) in [5.74, 6) is -0.976. The van der Waals surface area contributed by atoms with Crippen molar-refractivity contribution < 1.29 is 28.5 Å². The van der Waals surface area contributed by atoms with Gasteiger partial charge in [0, 0.05) is 24.1 Å². The number of esters is 2. The zero-order valence-corrected chi connectivity index (χ0v) is 27.8. The van der Waals surface area contributed by atoms with Gasteiger partial charge in [-0.3, -0.25) is 0 Å². The smallest absolute Gasteiger partial charge is 0.336 e. The Morgan fingerprint density at radius 3 is 1.84 bits per heavy atom. The summed E-state index contributed by atoms with van der Waals surface area (Å²) in [4.78, 5) is 26.7. The maximum absolute atomic E-state index is 13.5. The third-order valence-corrected chi connectivity index (χ3v) is 8.20. The number of rotatable bonds is 22. The molecule has 1 aromatic carbocycles. The van der Waals surface area contributed by atoms with Gasteiger partial charge < -0.3 is 24.3 Å². The molecule has 7 nitrogen and oxygen atoms in total. The standard InChI is InChI=1S/C36H57NO6/c1-7-9-10-11-12-13-14-15-16-17-18-19-20-22-29-23-21-24-30(42-8-2)33(29)34-31(35(38)41-6)27(3)37-28(4)32(34)36(39)43-26-25-40-5/h21,23-24,34,37H,7-20,22,25-26H2,1-6H3. The number of carbonyl (C=O) groups excluding carboxylic acids is 2. The van der Waals surface area contributed by atoms with Gasteiger partial charge in [0.2, 0.25) is 0 Å². The van der Waals surface area contributed by atoms with Crippen LogP contribution in [0.3, 0.4) is 0 Å². The van der Waals surface area contributed by atoms with Crippen LogP contribution in [0.5, 0.6) is 5.75 Å². The third kappa shape index (κ3) is 11.7. The van der Waals surface area contributed by atoms with E-state index in [1.807, 2.05) is 32.9 Å². The molecule has 1 N–H and O–H groups in total. The first-order valence-corrected chi connectivity index (χ1v) is 16.6. The van der Waals surface area contributed by atoms with E-state index in [0.717, 1.165) is 30.4 Å². The predicted octanol–water partition coefficient (Wildman–Crippen LogP) is 8.32. The number of allylic oxidation sites excluding steroid dienone is 2. The molecule has 0 aliphatic carbocycles. The number of carbonyl (C=O) groups is 2. The molecule has 1 aromatic rings. The van der Waals surface area contributed by atoms with Crippen LogP contribution in [0.25, 0.3) is 0 Å². The van der Waals surface area contributed by atoms with E-state index in [1.54, 1.807) is 7.11 Å². The highest BCUT2D eigenvalue weighted by Crippen LogP contribution is 2.44.